The number of anilines is 1. The third-order valence-electron chi connectivity index (χ3n) is 3.46. The van der Waals surface area contributed by atoms with Crippen molar-refractivity contribution in [3.05, 3.63) is 35.7 Å². The van der Waals surface area contributed by atoms with Gasteiger partial charge >= 0.3 is 5.97 Å². The molecule has 0 aromatic carbocycles. The highest BCUT2D eigenvalue weighted by Gasteiger charge is 2.20. The van der Waals surface area contributed by atoms with Crippen molar-refractivity contribution >= 4 is 11.8 Å². The first-order valence-electron chi connectivity index (χ1n) is 7.01. The molecule has 0 radical (unpaired) electrons. The zero-order valence-electron chi connectivity index (χ0n) is 11.5. The highest BCUT2D eigenvalue weighted by atomic mass is 16.4. The summed E-state index contributed by atoms with van der Waals surface area (Å²) in [7, 11) is 0. The number of carboxylic acid groups (broad SMARTS) is 1. The fraction of sp³-hybridized carbons (Fsp3) is 0.333. The molecule has 0 saturated heterocycles. The van der Waals surface area contributed by atoms with E-state index in [4.69, 9.17) is 5.11 Å². The van der Waals surface area contributed by atoms with Crippen LogP contribution in [0.5, 0.6) is 0 Å². The van der Waals surface area contributed by atoms with Gasteiger partial charge in [0, 0.05) is 24.0 Å². The molecule has 0 saturated carbocycles. The van der Waals surface area contributed by atoms with Gasteiger partial charge in [-0.25, -0.2) is 9.97 Å². The molecule has 2 N–H and O–H groups in total. The summed E-state index contributed by atoms with van der Waals surface area (Å²) in [6, 6.07) is 5.62. The second-order valence-corrected chi connectivity index (χ2v) is 4.96. The maximum absolute atomic E-state index is 10.6. The van der Waals surface area contributed by atoms with Crippen LogP contribution >= 0.6 is 0 Å². The van der Waals surface area contributed by atoms with Crippen LogP contribution in [0.2, 0.25) is 0 Å². The monoisotopic (exact) mass is 284 g/mol. The number of hydrogen-bond donors (Lipinski definition) is 2. The average Bonchev–Trinajstić information content (AvgIpc) is 2.96. The minimum Gasteiger partial charge on any atom is -0.481 e. The zero-order valence-corrected chi connectivity index (χ0v) is 11.5. The van der Waals surface area contributed by atoms with E-state index in [9.17, 15) is 4.79 Å². The van der Waals surface area contributed by atoms with Crippen molar-refractivity contribution in [3.8, 4) is 11.5 Å². The molecule has 0 amide bonds. The Labute approximate surface area is 122 Å². The molecule has 6 nitrogen and oxygen atoms in total. The lowest BCUT2D eigenvalue weighted by Crippen LogP contribution is -2.12. The van der Waals surface area contributed by atoms with Crippen LogP contribution in [0.4, 0.5) is 5.82 Å². The Bertz CT molecular complexity index is 658. The van der Waals surface area contributed by atoms with E-state index in [0.29, 0.717) is 12.4 Å². The van der Waals surface area contributed by atoms with E-state index >= 15 is 0 Å². The van der Waals surface area contributed by atoms with Crippen LogP contribution in [0.15, 0.2) is 24.4 Å². The third kappa shape index (κ3) is 2.99. The first-order chi connectivity index (χ1) is 10.2. The molecular weight excluding hydrogens is 268 g/mol. The van der Waals surface area contributed by atoms with E-state index in [0.717, 1.165) is 42.0 Å². The summed E-state index contributed by atoms with van der Waals surface area (Å²) in [5, 5.41) is 11.9. The number of carbonyl (C=O) groups is 1. The quantitative estimate of drug-likeness (QED) is 0.872. The van der Waals surface area contributed by atoms with Crippen molar-refractivity contribution in [2.75, 3.05) is 11.9 Å². The standard InChI is InChI=1S/C15H16N4O2/c20-13(21)7-9-17-14-10-4-3-6-11(10)18-15(19-14)12-5-1-2-8-16-12/h1-2,5,8H,3-4,6-7,9H2,(H,20,21)(H,17,18,19). The Hall–Kier alpha value is -2.50. The van der Waals surface area contributed by atoms with E-state index < -0.39 is 5.97 Å². The van der Waals surface area contributed by atoms with Gasteiger partial charge in [0.25, 0.3) is 0 Å². The lowest BCUT2D eigenvalue weighted by molar-refractivity contribution is -0.136. The van der Waals surface area contributed by atoms with Crippen LogP contribution in [0.1, 0.15) is 24.1 Å². The Kier molecular flexibility index (Phi) is 3.77. The summed E-state index contributed by atoms with van der Waals surface area (Å²) in [6.45, 7) is 0.362. The minimum absolute atomic E-state index is 0.0672. The summed E-state index contributed by atoms with van der Waals surface area (Å²) in [6.07, 6.45) is 4.71. The van der Waals surface area contributed by atoms with Crippen LogP contribution in [-0.2, 0) is 17.6 Å². The Morgan fingerprint density at radius 1 is 1.29 bits per heavy atom. The number of aliphatic carboxylic acids is 1. The smallest absolute Gasteiger partial charge is 0.305 e. The van der Waals surface area contributed by atoms with Crippen LogP contribution in [0.3, 0.4) is 0 Å². The Morgan fingerprint density at radius 2 is 2.19 bits per heavy atom. The number of fused-ring (bicyclic) bond motifs is 1. The molecule has 1 aliphatic rings. The summed E-state index contributed by atoms with van der Waals surface area (Å²) in [5.41, 5.74) is 2.89. The molecule has 0 unspecified atom stereocenters. The van der Waals surface area contributed by atoms with Crippen molar-refractivity contribution in [2.24, 2.45) is 0 Å². The topological polar surface area (TPSA) is 88.0 Å². The lowest BCUT2D eigenvalue weighted by atomic mass is 10.2. The van der Waals surface area contributed by atoms with Gasteiger partial charge in [0.05, 0.1) is 6.42 Å². The van der Waals surface area contributed by atoms with Gasteiger partial charge in [0.1, 0.15) is 11.5 Å². The SMILES string of the molecule is O=C(O)CCNc1nc(-c2ccccn2)nc2c1CCC2. The first kappa shape index (κ1) is 13.5. The summed E-state index contributed by atoms with van der Waals surface area (Å²) >= 11 is 0. The van der Waals surface area contributed by atoms with E-state index in [1.54, 1.807) is 6.20 Å². The van der Waals surface area contributed by atoms with Gasteiger partial charge in [-0.15, -0.1) is 0 Å². The summed E-state index contributed by atoms with van der Waals surface area (Å²) < 4.78 is 0. The van der Waals surface area contributed by atoms with E-state index in [2.05, 4.69) is 20.3 Å². The number of hydrogen-bond acceptors (Lipinski definition) is 5. The van der Waals surface area contributed by atoms with E-state index in [1.807, 2.05) is 18.2 Å². The fourth-order valence-electron chi connectivity index (χ4n) is 2.48. The van der Waals surface area contributed by atoms with Gasteiger partial charge < -0.3 is 10.4 Å². The molecule has 0 aliphatic heterocycles. The summed E-state index contributed by atoms with van der Waals surface area (Å²) in [5.74, 6) is 0.520. The second-order valence-electron chi connectivity index (χ2n) is 4.96. The number of aryl methyl sites for hydroxylation is 1. The normalized spacial score (nSPS) is 13.0. The second kappa shape index (κ2) is 5.87. The van der Waals surface area contributed by atoms with Crippen molar-refractivity contribution < 1.29 is 9.90 Å². The molecule has 3 rings (SSSR count). The van der Waals surface area contributed by atoms with Crippen molar-refractivity contribution in [3.63, 3.8) is 0 Å². The fourth-order valence-corrected chi connectivity index (χ4v) is 2.48. The molecule has 0 atom stereocenters. The molecule has 0 spiro atoms. The Balaban J connectivity index is 1.91. The number of pyridine rings is 1. The zero-order chi connectivity index (χ0) is 14.7. The highest BCUT2D eigenvalue weighted by Crippen LogP contribution is 2.28. The maximum Gasteiger partial charge on any atom is 0.305 e. The molecular formula is C15H16N4O2. The number of nitrogens with zero attached hydrogens (tertiary/aromatic N) is 3. The van der Waals surface area contributed by atoms with Gasteiger partial charge in [0.15, 0.2) is 5.82 Å². The molecule has 2 aromatic rings. The van der Waals surface area contributed by atoms with Crippen molar-refractivity contribution in [1.29, 1.82) is 0 Å². The molecule has 6 heteroatoms. The van der Waals surface area contributed by atoms with Gasteiger partial charge in [-0.2, -0.15) is 0 Å². The third-order valence-corrected chi connectivity index (χ3v) is 3.46. The van der Waals surface area contributed by atoms with E-state index in [-0.39, 0.29) is 6.42 Å². The van der Waals surface area contributed by atoms with Crippen LogP contribution in [0.25, 0.3) is 11.5 Å². The van der Waals surface area contributed by atoms with E-state index in [1.165, 1.54) is 0 Å². The van der Waals surface area contributed by atoms with Crippen molar-refractivity contribution in [1.82, 2.24) is 15.0 Å². The van der Waals surface area contributed by atoms with Gasteiger partial charge in [-0.3, -0.25) is 9.78 Å². The molecule has 0 fully saturated rings. The van der Waals surface area contributed by atoms with Crippen LogP contribution in [0, 0.1) is 0 Å². The molecule has 2 aromatic heterocycles. The lowest BCUT2D eigenvalue weighted by Gasteiger charge is -2.11. The maximum atomic E-state index is 10.6. The number of carboxylic acids is 1. The molecule has 2 heterocycles. The molecule has 108 valence electrons. The summed E-state index contributed by atoms with van der Waals surface area (Å²) in [4.78, 5) is 24.0. The van der Waals surface area contributed by atoms with Crippen LogP contribution in [-0.4, -0.2) is 32.6 Å². The number of aromatic nitrogens is 3. The predicted octanol–water partition coefficient (Wildman–Crippen LogP) is 1.91. The highest BCUT2D eigenvalue weighted by molar-refractivity contribution is 5.67. The van der Waals surface area contributed by atoms with Crippen molar-refractivity contribution in [2.45, 2.75) is 25.7 Å². The average molecular weight is 284 g/mol. The van der Waals surface area contributed by atoms with Gasteiger partial charge in [0.2, 0.25) is 0 Å². The Morgan fingerprint density at radius 3 is 2.95 bits per heavy atom. The predicted molar refractivity (Wildman–Crippen MR) is 78.0 cm³/mol. The van der Waals surface area contributed by atoms with Gasteiger partial charge in [-0.1, -0.05) is 6.07 Å². The van der Waals surface area contributed by atoms with Crippen LogP contribution < -0.4 is 5.32 Å². The largest absolute Gasteiger partial charge is 0.481 e. The molecule has 0 bridgehead atoms. The number of rotatable bonds is 5. The van der Waals surface area contributed by atoms with Gasteiger partial charge in [-0.05, 0) is 31.4 Å². The first-order valence-corrected chi connectivity index (χ1v) is 7.01. The molecule has 21 heavy (non-hydrogen) atoms. The minimum atomic E-state index is -0.821. The molecule has 1 aliphatic carbocycles. The number of nitrogens with one attached hydrogen (secondary N) is 1.